The zero-order valence-electron chi connectivity index (χ0n) is 15.1. The van der Waals surface area contributed by atoms with Gasteiger partial charge in [-0.1, -0.05) is 25.7 Å². The third-order valence-electron chi connectivity index (χ3n) is 5.77. The predicted octanol–water partition coefficient (Wildman–Crippen LogP) is 3.66. The van der Waals surface area contributed by atoms with Crippen LogP contribution >= 0.6 is 0 Å². The second-order valence-corrected chi connectivity index (χ2v) is 7.54. The second-order valence-electron chi connectivity index (χ2n) is 7.54. The topological polar surface area (TPSA) is 84.2 Å². The highest BCUT2D eigenvalue weighted by atomic mass is 19.1. The summed E-state index contributed by atoms with van der Waals surface area (Å²) in [6, 6.07) is 4.30. The first kappa shape index (κ1) is 18.8. The first-order chi connectivity index (χ1) is 12.6. The van der Waals surface area contributed by atoms with E-state index in [2.05, 4.69) is 10.6 Å². The van der Waals surface area contributed by atoms with Crippen LogP contribution in [0, 0.1) is 23.6 Å². The van der Waals surface area contributed by atoms with Crippen molar-refractivity contribution >= 4 is 23.2 Å². The molecule has 0 bridgehead atoms. The molecule has 2 aliphatic carbocycles. The Bertz CT molecular complexity index is 658. The van der Waals surface area contributed by atoms with Crippen molar-refractivity contribution in [3.8, 4) is 0 Å². The standard InChI is InChI=1S/C20H28FN3O2/c21-17-10-9-15(23-20(26)16-8-4-7-14(16)12-22)11-18(17)24-19(25)13-5-2-1-3-6-13/h9-11,13-14,16H,1-8,12,22H2,(H,23,26)(H,24,25)/t14-,16-/m1/s1. The van der Waals surface area contributed by atoms with Gasteiger partial charge in [0.15, 0.2) is 0 Å². The molecule has 2 amide bonds. The summed E-state index contributed by atoms with van der Waals surface area (Å²) in [4.78, 5) is 24.9. The Kier molecular flexibility index (Phi) is 6.25. The molecule has 1 aromatic rings. The van der Waals surface area contributed by atoms with Crippen molar-refractivity contribution < 1.29 is 14.0 Å². The summed E-state index contributed by atoms with van der Waals surface area (Å²) < 4.78 is 14.1. The zero-order chi connectivity index (χ0) is 18.5. The van der Waals surface area contributed by atoms with E-state index in [9.17, 15) is 14.0 Å². The molecular formula is C20H28FN3O2. The van der Waals surface area contributed by atoms with Gasteiger partial charge in [-0.3, -0.25) is 9.59 Å². The number of rotatable bonds is 5. The highest BCUT2D eigenvalue weighted by Gasteiger charge is 2.32. The molecule has 5 nitrogen and oxygen atoms in total. The van der Waals surface area contributed by atoms with Crippen molar-refractivity contribution in [1.29, 1.82) is 0 Å². The van der Waals surface area contributed by atoms with Crippen LogP contribution in [0.3, 0.4) is 0 Å². The van der Waals surface area contributed by atoms with Gasteiger partial charge in [-0.15, -0.1) is 0 Å². The molecule has 2 saturated carbocycles. The summed E-state index contributed by atoms with van der Waals surface area (Å²) in [6.45, 7) is 0.504. The molecule has 0 spiro atoms. The number of nitrogens with one attached hydrogen (secondary N) is 2. The molecule has 3 rings (SSSR count). The van der Waals surface area contributed by atoms with Gasteiger partial charge in [-0.25, -0.2) is 4.39 Å². The Morgan fingerprint density at radius 1 is 1.00 bits per heavy atom. The van der Waals surface area contributed by atoms with E-state index in [0.717, 1.165) is 51.4 Å². The van der Waals surface area contributed by atoms with E-state index in [1.54, 1.807) is 0 Å². The molecule has 1 aromatic carbocycles. The van der Waals surface area contributed by atoms with E-state index in [-0.39, 0.29) is 35.3 Å². The van der Waals surface area contributed by atoms with Gasteiger partial charge in [-0.2, -0.15) is 0 Å². The second kappa shape index (κ2) is 8.62. The lowest BCUT2D eigenvalue weighted by Crippen LogP contribution is -2.29. The number of anilines is 2. The lowest BCUT2D eigenvalue weighted by atomic mass is 9.88. The van der Waals surface area contributed by atoms with Crippen molar-refractivity contribution in [2.45, 2.75) is 51.4 Å². The Hall–Kier alpha value is -1.95. The summed E-state index contributed by atoms with van der Waals surface area (Å²) in [5.41, 5.74) is 6.37. The summed E-state index contributed by atoms with van der Waals surface area (Å²) in [5, 5.41) is 5.55. The first-order valence-corrected chi connectivity index (χ1v) is 9.70. The molecule has 2 atom stereocenters. The SMILES string of the molecule is NC[C@H]1CCC[C@H]1C(=O)Nc1ccc(F)c(NC(=O)C2CCCCC2)c1. The Balaban J connectivity index is 1.65. The fourth-order valence-corrected chi connectivity index (χ4v) is 4.20. The lowest BCUT2D eigenvalue weighted by Gasteiger charge is -2.21. The minimum absolute atomic E-state index is 0.0507. The minimum Gasteiger partial charge on any atom is -0.330 e. The van der Waals surface area contributed by atoms with Crippen LogP contribution in [0.5, 0.6) is 0 Å². The summed E-state index contributed by atoms with van der Waals surface area (Å²) in [5.74, 6) is -0.635. The molecule has 142 valence electrons. The Labute approximate surface area is 153 Å². The van der Waals surface area contributed by atoms with E-state index in [1.165, 1.54) is 18.2 Å². The largest absolute Gasteiger partial charge is 0.330 e. The number of halogens is 1. The predicted molar refractivity (Wildman–Crippen MR) is 100 cm³/mol. The van der Waals surface area contributed by atoms with Gasteiger partial charge in [0.2, 0.25) is 11.8 Å². The van der Waals surface area contributed by atoms with Gasteiger partial charge in [0, 0.05) is 17.5 Å². The summed E-state index contributed by atoms with van der Waals surface area (Å²) in [7, 11) is 0. The molecule has 4 N–H and O–H groups in total. The molecule has 0 radical (unpaired) electrons. The maximum Gasteiger partial charge on any atom is 0.227 e. The van der Waals surface area contributed by atoms with Gasteiger partial charge < -0.3 is 16.4 Å². The molecule has 26 heavy (non-hydrogen) atoms. The van der Waals surface area contributed by atoms with E-state index >= 15 is 0 Å². The van der Waals surface area contributed by atoms with Gasteiger partial charge in [0.25, 0.3) is 0 Å². The van der Waals surface area contributed by atoms with Gasteiger partial charge >= 0.3 is 0 Å². The monoisotopic (exact) mass is 361 g/mol. The van der Waals surface area contributed by atoms with Crippen LogP contribution in [0.25, 0.3) is 0 Å². The first-order valence-electron chi connectivity index (χ1n) is 9.70. The van der Waals surface area contributed by atoms with Crippen LogP contribution in [0.4, 0.5) is 15.8 Å². The number of carbonyl (C=O) groups excluding carboxylic acids is 2. The third-order valence-corrected chi connectivity index (χ3v) is 5.77. The van der Waals surface area contributed by atoms with Crippen molar-refractivity contribution in [2.24, 2.45) is 23.5 Å². The zero-order valence-corrected chi connectivity index (χ0v) is 15.1. The van der Waals surface area contributed by atoms with Crippen LogP contribution in [-0.4, -0.2) is 18.4 Å². The highest BCUT2D eigenvalue weighted by Crippen LogP contribution is 2.32. The average molecular weight is 361 g/mol. The van der Waals surface area contributed by atoms with Gasteiger partial charge in [0.1, 0.15) is 5.82 Å². The third kappa shape index (κ3) is 4.41. The Morgan fingerprint density at radius 3 is 2.50 bits per heavy atom. The van der Waals surface area contributed by atoms with Crippen LogP contribution in [0.2, 0.25) is 0 Å². The fourth-order valence-electron chi connectivity index (χ4n) is 4.20. The summed E-state index contributed by atoms with van der Waals surface area (Å²) >= 11 is 0. The van der Waals surface area contributed by atoms with E-state index in [1.807, 2.05) is 0 Å². The molecule has 0 unspecified atom stereocenters. The Morgan fingerprint density at radius 2 is 1.77 bits per heavy atom. The lowest BCUT2D eigenvalue weighted by molar-refractivity contribution is -0.121. The number of hydrogen-bond donors (Lipinski definition) is 3. The quantitative estimate of drug-likeness (QED) is 0.748. The van der Waals surface area contributed by atoms with Crippen LogP contribution in [0.15, 0.2) is 18.2 Å². The number of benzene rings is 1. The maximum absolute atomic E-state index is 14.1. The van der Waals surface area contributed by atoms with Crippen molar-refractivity contribution in [2.75, 3.05) is 17.2 Å². The van der Waals surface area contributed by atoms with Crippen LogP contribution in [-0.2, 0) is 9.59 Å². The molecule has 0 heterocycles. The number of nitrogens with two attached hydrogens (primary N) is 1. The van der Waals surface area contributed by atoms with Crippen molar-refractivity contribution in [1.82, 2.24) is 0 Å². The number of carbonyl (C=O) groups is 2. The van der Waals surface area contributed by atoms with Crippen LogP contribution < -0.4 is 16.4 Å². The highest BCUT2D eigenvalue weighted by molar-refractivity contribution is 5.96. The van der Waals surface area contributed by atoms with Gasteiger partial charge in [-0.05, 0) is 56.3 Å². The van der Waals surface area contributed by atoms with Crippen molar-refractivity contribution in [3.63, 3.8) is 0 Å². The van der Waals surface area contributed by atoms with Crippen molar-refractivity contribution in [3.05, 3.63) is 24.0 Å². The van der Waals surface area contributed by atoms with Crippen LogP contribution in [0.1, 0.15) is 51.4 Å². The normalized spacial score (nSPS) is 23.6. The van der Waals surface area contributed by atoms with Gasteiger partial charge in [0.05, 0.1) is 5.69 Å². The number of amides is 2. The molecule has 2 aliphatic rings. The molecule has 0 aromatic heterocycles. The smallest absolute Gasteiger partial charge is 0.227 e. The molecule has 0 saturated heterocycles. The van der Waals surface area contributed by atoms with E-state index < -0.39 is 5.82 Å². The fraction of sp³-hybridized carbons (Fsp3) is 0.600. The minimum atomic E-state index is -0.493. The summed E-state index contributed by atoms with van der Waals surface area (Å²) in [6.07, 6.45) is 7.76. The average Bonchev–Trinajstić information content (AvgIpc) is 3.14. The molecular weight excluding hydrogens is 333 g/mol. The maximum atomic E-state index is 14.1. The number of hydrogen-bond acceptors (Lipinski definition) is 3. The van der Waals surface area contributed by atoms with E-state index in [0.29, 0.717) is 12.2 Å². The molecule has 6 heteroatoms. The molecule has 0 aliphatic heterocycles. The molecule has 2 fully saturated rings. The van der Waals surface area contributed by atoms with E-state index in [4.69, 9.17) is 5.73 Å².